The smallest absolute Gasteiger partial charge is 0.271 e. The summed E-state index contributed by atoms with van der Waals surface area (Å²) in [7, 11) is 0. The van der Waals surface area contributed by atoms with Gasteiger partial charge in [0.25, 0.3) is 11.8 Å². The van der Waals surface area contributed by atoms with Crippen LogP contribution in [-0.2, 0) is 16.1 Å². The molecule has 0 aliphatic carbocycles. The number of carbonyl (C=O) groups excluding carboxylic acids is 3. The molecule has 2 aliphatic heterocycles. The van der Waals surface area contributed by atoms with E-state index in [1.165, 1.54) is 4.90 Å². The Morgan fingerprint density at radius 2 is 1.62 bits per heavy atom. The average molecular weight is 518 g/mol. The number of anilines is 2. The number of aryl methyl sites for hydroxylation is 1. The van der Waals surface area contributed by atoms with Crippen LogP contribution >= 0.6 is 0 Å². The zero-order valence-electron chi connectivity index (χ0n) is 21.5. The van der Waals surface area contributed by atoms with Gasteiger partial charge in [-0.2, -0.15) is 0 Å². The Labute approximate surface area is 226 Å². The fourth-order valence-corrected chi connectivity index (χ4v) is 5.42. The van der Waals surface area contributed by atoms with Crippen LogP contribution in [0.2, 0.25) is 0 Å². The highest BCUT2D eigenvalue weighted by molar-refractivity contribution is 6.18. The molecule has 7 heteroatoms. The van der Waals surface area contributed by atoms with Crippen LogP contribution in [0.5, 0.6) is 11.5 Å². The van der Waals surface area contributed by atoms with E-state index >= 15 is 0 Å². The Bertz CT molecular complexity index is 1570. The van der Waals surface area contributed by atoms with Gasteiger partial charge in [0.05, 0.1) is 11.3 Å². The summed E-state index contributed by atoms with van der Waals surface area (Å²) in [5.41, 5.74) is 1.88. The van der Waals surface area contributed by atoms with Crippen molar-refractivity contribution < 1.29 is 19.1 Å². The Hall–Kier alpha value is -4.91. The lowest BCUT2D eigenvalue weighted by Gasteiger charge is -2.49. The van der Waals surface area contributed by atoms with Gasteiger partial charge in [0.15, 0.2) is 0 Å². The Morgan fingerprint density at radius 3 is 2.38 bits per heavy atom. The van der Waals surface area contributed by atoms with Gasteiger partial charge in [-0.05, 0) is 66.6 Å². The number of hydrogen-bond acceptors (Lipinski definition) is 4. The van der Waals surface area contributed by atoms with Crippen LogP contribution in [0, 0.1) is 6.92 Å². The highest BCUT2D eigenvalue weighted by atomic mass is 16.5. The zero-order chi connectivity index (χ0) is 27.0. The summed E-state index contributed by atoms with van der Waals surface area (Å²) in [6.45, 7) is 2.19. The first-order valence-electron chi connectivity index (χ1n) is 12.9. The van der Waals surface area contributed by atoms with E-state index in [0.29, 0.717) is 22.7 Å². The molecule has 1 fully saturated rings. The Balaban J connectivity index is 1.34. The van der Waals surface area contributed by atoms with Gasteiger partial charge in [-0.1, -0.05) is 54.6 Å². The number of fused-ring (bicyclic) bond motifs is 3. The topological polar surface area (TPSA) is 79.0 Å². The number of amides is 3. The summed E-state index contributed by atoms with van der Waals surface area (Å²) >= 11 is 0. The number of hydrogen-bond donors (Lipinski definition) is 1. The van der Waals surface area contributed by atoms with E-state index in [1.54, 1.807) is 53.4 Å². The number of benzene rings is 4. The van der Waals surface area contributed by atoms with E-state index in [-0.39, 0.29) is 31.2 Å². The molecule has 2 aliphatic rings. The minimum absolute atomic E-state index is 0.156. The maximum absolute atomic E-state index is 14.2. The third-order valence-corrected chi connectivity index (χ3v) is 7.26. The molecule has 0 radical (unpaired) electrons. The van der Waals surface area contributed by atoms with Crippen molar-refractivity contribution in [1.82, 2.24) is 4.90 Å². The van der Waals surface area contributed by atoms with E-state index < -0.39 is 11.6 Å². The van der Waals surface area contributed by atoms with E-state index in [0.717, 1.165) is 16.9 Å². The summed E-state index contributed by atoms with van der Waals surface area (Å²) in [6.07, 6.45) is 0.350. The van der Waals surface area contributed by atoms with Gasteiger partial charge >= 0.3 is 0 Å². The maximum Gasteiger partial charge on any atom is 0.271 e. The third-order valence-electron chi connectivity index (χ3n) is 7.26. The summed E-state index contributed by atoms with van der Waals surface area (Å²) in [6, 6.07) is 31.3. The molecule has 6 rings (SSSR count). The first kappa shape index (κ1) is 24.4. The molecule has 0 aromatic heterocycles. The molecule has 7 nitrogen and oxygen atoms in total. The molecule has 0 spiro atoms. The highest BCUT2D eigenvalue weighted by Gasteiger charge is 2.60. The van der Waals surface area contributed by atoms with Crippen LogP contribution < -0.4 is 15.0 Å². The third kappa shape index (κ3) is 4.32. The van der Waals surface area contributed by atoms with Gasteiger partial charge in [-0.3, -0.25) is 19.3 Å². The summed E-state index contributed by atoms with van der Waals surface area (Å²) in [5.74, 6) is 0.450. The van der Waals surface area contributed by atoms with E-state index in [9.17, 15) is 14.4 Å². The minimum atomic E-state index is -1.49. The van der Waals surface area contributed by atoms with Gasteiger partial charge in [0.2, 0.25) is 11.6 Å². The molecule has 1 N–H and O–H groups in total. The second-order valence-electron chi connectivity index (χ2n) is 9.84. The Morgan fingerprint density at radius 1 is 0.872 bits per heavy atom. The molecular formula is C32H27N3O4. The molecular weight excluding hydrogens is 490 g/mol. The van der Waals surface area contributed by atoms with Crippen molar-refractivity contribution in [2.24, 2.45) is 0 Å². The van der Waals surface area contributed by atoms with Crippen LogP contribution in [0.4, 0.5) is 11.4 Å². The standard InChI is InChI=1S/C32H27N3O4/c1-22-8-7-11-26(20-22)39-25-16-14-24(15-17-25)33-31(38)32-19-18-29(36)35(32)28-13-6-5-12-27(28)30(37)34(32)21-23-9-3-2-4-10-23/h2-17,20H,18-19,21H2,1H3,(H,33,38). The van der Waals surface area contributed by atoms with Crippen molar-refractivity contribution in [2.75, 3.05) is 10.2 Å². The normalized spacial score (nSPS) is 18.0. The van der Waals surface area contributed by atoms with Crippen LogP contribution in [-0.4, -0.2) is 28.3 Å². The average Bonchev–Trinajstić information content (AvgIpc) is 3.31. The summed E-state index contributed by atoms with van der Waals surface area (Å²) < 4.78 is 5.94. The van der Waals surface area contributed by atoms with Gasteiger partial charge in [0, 0.05) is 25.1 Å². The molecule has 0 saturated carbocycles. The molecule has 1 unspecified atom stereocenters. The monoisotopic (exact) mass is 517 g/mol. The van der Waals surface area contributed by atoms with Crippen molar-refractivity contribution >= 4 is 29.1 Å². The lowest BCUT2D eigenvalue weighted by Crippen LogP contribution is -2.69. The quantitative estimate of drug-likeness (QED) is 0.345. The molecule has 1 atom stereocenters. The first-order chi connectivity index (χ1) is 19.0. The van der Waals surface area contributed by atoms with E-state index in [4.69, 9.17) is 4.74 Å². The Kier molecular flexibility index (Phi) is 6.11. The second-order valence-corrected chi connectivity index (χ2v) is 9.84. The molecule has 4 aromatic rings. The van der Waals surface area contributed by atoms with E-state index in [2.05, 4.69) is 5.32 Å². The predicted octanol–water partition coefficient (Wildman–Crippen LogP) is 5.91. The summed E-state index contributed by atoms with van der Waals surface area (Å²) in [4.78, 5) is 44.3. The number of ether oxygens (including phenoxy) is 1. The van der Waals surface area contributed by atoms with Crippen molar-refractivity contribution in [3.63, 3.8) is 0 Å². The predicted molar refractivity (Wildman–Crippen MR) is 149 cm³/mol. The molecule has 0 bridgehead atoms. The van der Waals surface area contributed by atoms with Gasteiger partial charge in [0.1, 0.15) is 11.5 Å². The number of carbonyl (C=O) groups is 3. The fraction of sp³-hybridized carbons (Fsp3) is 0.156. The molecule has 39 heavy (non-hydrogen) atoms. The second kappa shape index (κ2) is 9.76. The van der Waals surface area contributed by atoms with Crippen molar-refractivity contribution in [3.8, 4) is 11.5 Å². The SMILES string of the molecule is Cc1cccc(Oc2ccc(NC(=O)C34CCC(=O)N3c3ccccc3C(=O)N4Cc3ccccc3)cc2)c1. The van der Waals surface area contributed by atoms with Gasteiger partial charge in [-0.15, -0.1) is 0 Å². The zero-order valence-corrected chi connectivity index (χ0v) is 21.5. The minimum Gasteiger partial charge on any atom is -0.457 e. The molecule has 3 amide bonds. The summed E-state index contributed by atoms with van der Waals surface area (Å²) in [5, 5.41) is 2.98. The molecule has 4 aromatic carbocycles. The first-order valence-corrected chi connectivity index (χ1v) is 12.9. The van der Waals surface area contributed by atoms with Gasteiger partial charge < -0.3 is 15.0 Å². The van der Waals surface area contributed by atoms with E-state index in [1.807, 2.05) is 61.5 Å². The molecule has 1 saturated heterocycles. The lowest BCUT2D eigenvalue weighted by atomic mass is 9.94. The van der Waals surface area contributed by atoms with Gasteiger partial charge in [-0.25, -0.2) is 0 Å². The lowest BCUT2D eigenvalue weighted by molar-refractivity contribution is -0.129. The van der Waals surface area contributed by atoms with Crippen molar-refractivity contribution in [3.05, 3.63) is 120 Å². The highest BCUT2D eigenvalue weighted by Crippen LogP contribution is 2.45. The number of nitrogens with zero attached hydrogens (tertiary/aromatic N) is 2. The molecule has 2 heterocycles. The van der Waals surface area contributed by atoms with Crippen molar-refractivity contribution in [2.45, 2.75) is 32.0 Å². The maximum atomic E-state index is 14.2. The fourth-order valence-electron chi connectivity index (χ4n) is 5.42. The van der Waals surface area contributed by atoms with Crippen LogP contribution in [0.25, 0.3) is 0 Å². The van der Waals surface area contributed by atoms with Crippen molar-refractivity contribution in [1.29, 1.82) is 0 Å². The number of nitrogens with one attached hydrogen (secondary N) is 1. The number of rotatable bonds is 6. The number of para-hydroxylation sites is 1. The van der Waals surface area contributed by atoms with Crippen LogP contribution in [0.3, 0.4) is 0 Å². The largest absolute Gasteiger partial charge is 0.457 e. The van der Waals surface area contributed by atoms with Crippen LogP contribution in [0.15, 0.2) is 103 Å². The van der Waals surface area contributed by atoms with Crippen LogP contribution in [0.1, 0.15) is 34.3 Å². The molecule has 194 valence electrons.